The first-order valence-corrected chi connectivity index (χ1v) is 6.94. The lowest BCUT2D eigenvalue weighted by Gasteiger charge is -2.15. The Balaban J connectivity index is 2.05. The van der Waals surface area contributed by atoms with Gasteiger partial charge in [-0.3, -0.25) is 9.59 Å². The largest absolute Gasteiger partial charge is 0.433 e. The van der Waals surface area contributed by atoms with Gasteiger partial charge in [0.05, 0.1) is 12.1 Å². The Hall–Kier alpha value is -2.63. The van der Waals surface area contributed by atoms with Gasteiger partial charge in [0, 0.05) is 12.6 Å². The van der Waals surface area contributed by atoms with Crippen LogP contribution in [0.1, 0.15) is 19.4 Å². The van der Waals surface area contributed by atoms with Crippen LogP contribution in [0.5, 0.6) is 0 Å². The van der Waals surface area contributed by atoms with Crippen LogP contribution in [0.15, 0.2) is 35.1 Å². The maximum atomic E-state index is 12.4. The van der Waals surface area contributed by atoms with Gasteiger partial charge in [-0.15, -0.1) is 0 Å². The second-order valence-corrected chi connectivity index (χ2v) is 5.86. The van der Waals surface area contributed by atoms with Gasteiger partial charge in [0.1, 0.15) is 0 Å². The molecule has 0 bridgehead atoms. The lowest BCUT2D eigenvalue weighted by Crippen LogP contribution is -2.37. The van der Waals surface area contributed by atoms with Gasteiger partial charge < -0.3 is 9.30 Å². The van der Waals surface area contributed by atoms with E-state index < -0.39 is 17.6 Å². The molecule has 22 heavy (non-hydrogen) atoms. The molecular formula is C16H16N2O4. The third-order valence-corrected chi connectivity index (χ3v) is 3.86. The van der Waals surface area contributed by atoms with Crippen LogP contribution in [0, 0.1) is 0 Å². The number of aromatic nitrogens is 1. The van der Waals surface area contributed by atoms with Crippen LogP contribution in [0.4, 0.5) is 4.79 Å². The van der Waals surface area contributed by atoms with Crippen LogP contribution in [-0.4, -0.2) is 27.1 Å². The molecule has 114 valence electrons. The number of pyridine rings is 1. The molecule has 3 rings (SSSR count). The van der Waals surface area contributed by atoms with E-state index in [0.717, 1.165) is 15.8 Å². The molecule has 2 heterocycles. The third kappa shape index (κ3) is 2.07. The molecule has 1 aliphatic rings. The van der Waals surface area contributed by atoms with E-state index in [4.69, 9.17) is 4.74 Å². The number of hydrogen-bond acceptors (Lipinski definition) is 4. The van der Waals surface area contributed by atoms with Gasteiger partial charge in [-0.05, 0) is 31.4 Å². The monoisotopic (exact) mass is 300 g/mol. The molecule has 6 heteroatoms. The number of nitrogens with zero attached hydrogens (tertiary/aromatic N) is 2. The molecule has 0 atom stereocenters. The Morgan fingerprint density at radius 1 is 1.14 bits per heavy atom. The van der Waals surface area contributed by atoms with E-state index in [9.17, 15) is 14.4 Å². The van der Waals surface area contributed by atoms with Gasteiger partial charge in [0.25, 0.3) is 11.5 Å². The second kappa shape index (κ2) is 4.69. The Morgan fingerprint density at radius 3 is 2.45 bits per heavy atom. The van der Waals surface area contributed by atoms with Crippen molar-refractivity contribution in [2.75, 3.05) is 0 Å². The molecule has 1 saturated heterocycles. The zero-order valence-electron chi connectivity index (χ0n) is 12.6. The first kappa shape index (κ1) is 14.3. The molecule has 1 aliphatic heterocycles. The van der Waals surface area contributed by atoms with Gasteiger partial charge in [0.15, 0.2) is 5.60 Å². The molecule has 0 saturated carbocycles. The van der Waals surface area contributed by atoms with Crippen LogP contribution in [0.2, 0.25) is 0 Å². The van der Waals surface area contributed by atoms with Crippen molar-refractivity contribution in [1.82, 2.24) is 9.47 Å². The molecule has 0 N–H and O–H groups in total. The molecular weight excluding hydrogens is 284 g/mol. The number of hydrogen-bond donors (Lipinski definition) is 0. The van der Waals surface area contributed by atoms with Gasteiger partial charge in [-0.2, -0.15) is 0 Å². The van der Waals surface area contributed by atoms with Crippen LogP contribution >= 0.6 is 0 Å². The summed E-state index contributed by atoms with van der Waals surface area (Å²) in [5.74, 6) is -0.437. The number of ether oxygens (including phenoxy) is 1. The highest BCUT2D eigenvalue weighted by atomic mass is 16.6. The van der Waals surface area contributed by atoms with Crippen LogP contribution in [0.25, 0.3) is 10.9 Å². The van der Waals surface area contributed by atoms with Crippen molar-refractivity contribution < 1.29 is 14.3 Å². The van der Waals surface area contributed by atoms with E-state index in [1.165, 1.54) is 18.4 Å². The molecule has 1 fully saturated rings. The van der Waals surface area contributed by atoms with Gasteiger partial charge in [-0.1, -0.05) is 18.2 Å². The SMILES string of the molecule is Cn1c(=O)c(CN2C(=O)OC(C)(C)C2=O)cc2ccccc21. The summed E-state index contributed by atoms with van der Waals surface area (Å²) in [7, 11) is 1.67. The summed E-state index contributed by atoms with van der Waals surface area (Å²) in [5, 5.41) is 0.874. The van der Waals surface area contributed by atoms with Crippen molar-refractivity contribution >= 4 is 22.9 Å². The average molecular weight is 300 g/mol. The van der Waals surface area contributed by atoms with Crippen molar-refractivity contribution in [2.24, 2.45) is 7.05 Å². The number of carbonyl (C=O) groups excluding carboxylic acids is 2. The molecule has 0 unspecified atom stereocenters. The molecule has 2 amide bonds. The van der Waals surface area contributed by atoms with Gasteiger partial charge >= 0.3 is 6.09 Å². The summed E-state index contributed by atoms with van der Waals surface area (Å²) in [6.07, 6.45) is -0.717. The Labute approximate surface area is 126 Å². The number of carbonyl (C=O) groups is 2. The van der Waals surface area contributed by atoms with Gasteiger partial charge in [-0.25, -0.2) is 9.69 Å². The summed E-state index contributed by atoms with van der Waals surface area (Å²) in [6.45, 7) is 2.98. The predicted molar refractivity (Wildman–Crippen MR) is 80.3 cm³/mol. The number of rotatable bonds is 2. The normalized spacial score (nSPS) is 17.1. The number of amides is 2. The van der Waals surface area contributed by atoms with Crippen molar-refractivity contribution in [3.63, 3.8) is 0 Å². The zero-order chi connectivity index (χ0) is 16.1. The Bertz CT molecular complexity index is 851. The molecule has 0 radical (unpaired) electrons. The molecule has 6 nitrogen and oxygen atoms in total. The first-order chi connectivity index (χ1) is 10.3. The molecule has 1 aromatic carbocycles. The lowest BCUT2D eigenvalue weighted by atomic mass is 10.1. The van der Waals surface area contributed by atoms with Crippen molar-refractivity contribution in [2.45, 2.75) is 26.0 Å². The van der Waals surface area contributed by atoms with E-state index in [0.29, 0.717) is 5.56 Å². The highest BCUT2D eigenvalue weighted by Gasteiger charge is 2.47. The standard InChI is InChI=1S/C16H16N2O4/c1-16(2)14(20)18(15(21)22-16)9-11-8-10-6-4-5-7-12(10)17(3)13(11)19/h4-8H,9H2,1-3H3. The topological polar surface area (TPSA) is 68.6 Å². The smallest absolute Gasteiger partial charge is 0.418 e. The van der Waals surface area contributed by atoms with E-state index in [1.807, 2.05) is 24.3 Å². The fourth-order valence-electron chi connectivity index (χ4n) is 2.63. The Kier molecular flexibility index (Phi) is 3.05. The fraction of sp³-hybridized carbons (Fsp3) is 0.312. The Morgan fingerprint density at radius 2 is 1.82 bits per heavy atom. The van der Waals surface area contributed by atoms with Crippen LogP contribution in [-0.2, 0) is 23.1 Å². The second-order valence-electron chi connectivity index (χ2n) is 5.86. The molecule has 0 spiro atoms. The summed E-state index contributed by atoms with van der Waals surface area (Å²) in [4.78, 5) is 37.4. The zero-order valence-corrected chi connectivity index (χ0v) is 12.6. The minimum absolute atomic E-state index is 0.0847. The minimum Gasteiger partial charge on any atom is -0.433 e. The van der Waals surface area contributed by atoms with E-state index in [-0.39, 0.29) is 12.1 Å². The summed E-state index contributed by atoms with van der Waals surface area (Å²) in [5.41, 5.74) is -0.237. The number of para-hydroxylation sites is 1. The van der Waals surface area contributed by atoms with E-state index in [2.05, 4.69) is 0 Å². The summed E-state index contributed by atoms with van der Waals surface area (Å²) >= 11 is 0. The van der Waals surface area contributed by atoms with Crippen LogP contribution in [0.3, 0.4) is 0 Å². The minimum atomic E-state index is -1.18. The highest BCUT2D eigenvalue weighted by Crippen LogP contribution is 2.25. The van der Waals surface area contributed by atoms with Crippen molar-refractivity contribution in [1.29, 1.82) is 0 Å². The maximum Gasteiger partial charge on any atom is 0.418 e. The van der Waals surface area contributed by atoms with E-state index >= 15 is 0 Å². The maximum absolute atomic E-state index is 12.4. The third-order valence-electron chi connectivity index (χ3n) is 3.86. The predicted octanol–water partition coefficient (Wildman–Crippen LogP) is 1.80. The number of fused-ring (bicyclic) bond motifs is 1. The summed E-state index contributed by atoms with van der Waals surface area (Å²) < 4.78 is 6.55. The molecule has 0 aliphatic carbocycles. The molecule has 1 aromatic heterocycles. The van der Waals surface area contributed by atoms with Crippen molar-refractivity contribution in [3.05, 3.63) is 46.2 Å². The highest BCUT2D eigenvalue weighted by molar-refractivity contribution is 6.02. The summed E-state index contributed by atoms with van der Waals surface area (Å²) in [6, 6.07) is 9.16. The fourth-order valence-corrected chi connectivity index (χ4v) is 2.63. The van der Waals surface area contributed by atoms with Crippen molar-refractivity contribution in [3.8, 4) is 0 Å². The number of cyclic esters (lactones) is 1. The first-order valence-electron chi connectivity index (χ1n) is 6.94. The number of imide groups is 1. The van der Waals surface area contributed by atoms with Gasteiger partial charge in [0.2, 0.25) is 0 Å². The average Bonchev–Trinajstić information content (AvgIpc) is 2.66. The number of benzene rings is 1. The molecule has 2 aromatic rings. The number of aryl methyl sites for hydroxylation is 1. The lowest BCUT2D eigenvalue weighted by molar-refractivity contribution is -0.134. The quantitative estimate of drug-likeness (QED) is 0.848. The van der Waals surface area contributed by atoms with E-state index in [1.54, 1.807) is 13.1 Å². The van der Waals surface area contributed by atoms with Crippen LogP contribution < -0.4 is 5.56 Å².